The van der Waals surface area contributed by atoms with Gasteiger partial charge < -0.3 is 10.2 Å². The van der Waals surface area contributed by atoms with Gasteiger partial charge in [-0.25, -0.2) is 0 Å². The van der Waals surface area contributed by atoms with E-state index in [9.17, 15) is 10.2 Å². The maximum absolute atomic E-state index is 10.5. The Morgan fingerprint density at radius 1 is 0.833 bits per heavy atom. The molecule has 106 valence electrons. The van der Waals surface area contributed by atoms with Gasteiger partial charge in [-0.1, -0.05) is 27.7 Å². The van der Waals surface area contributed by atoms with Crippen LogP contribution in [-0.2, 0) is 0 Å². The van der Waals surface area contributed by atoms with Gasteiger partial charge in [0.2, 0.25) is 0 Å². The molecule has 2 aliphatic rings. The van der Waals surface area contributed by atoms with Crippen LogP contribution in [0.5, 0.6) is 0 Å². The zero-order valence-electron chi connectivity index (χ0n) is 12.3. The minimum atomic E-state index is -0.260. The lowest BCUT2D eigenvalue weighted by molar-refractivity contribution is -0.00215. The average Bonchev–Trinajstić information content (AvgIpc) is 2.67. The lowest BCUT2D eigenvalue weighted by Crippen LogP contribution is -2.33. The van der Waals surface area contributed by atoms with Crippen molar-refractivity contribution in [3.05, 3.63) is 0 Å². The second-order valence-electron chi connectivity index (χ2n) is 7.57. The molecule has 2 nitrogen and oxygen atoms in total. The van der Waals surface area contributed by atoms with Gasteiger partial charge in [0.05, 0.1) is 12.2 Å². The molecule has 2 fully saturated rings. The Labute approximate surface area is 112 Å². The van der Waals surface area contributed by atoms with Crippen LogP contribution >= 0.6 is 0 Å². The number of rotatable bonds is 4. The molecule has 0 aliphatic heterocycles. The SMILES string of the molecule is CC(C)C[C@H]1CC2C[C@H](CC(C)C)C(O)C2C1O. The van der Waals surface area contributed by atoms with Crippen molar-refractivity contribution in [2.75, 3.05) is 0 Å². The monoisotopic (exact) mass is 254 g/mol. The van der Waals surface area contributed by atoms with Crippen LogP contribution < -0.4 is 0 Å². The van der Waals surface area contributed by atoms with E-state index >= 15 is 0 Å². The van der Waals surface area contributed by atoms with Crippen molar-refractivity contribution in [1.29, 1.82) is 0 Å². The van der Waals surface area contributed by atoms with E-state index in [0.29, 0.717) is 29.6 Å². The fourth-order valence-corrected chi connectivity index (χ4v) is 4.54. The topological polar surface area (TPSA) is 40.5 Å². The Morgan fingerprint density at radius 2 is 1.22 bits per heavy atom. The van der Waals surface area contributed by atoms with Crippen LogP contribution in [0, 0.1) is 35.5 Å². The summed E-state index contributed by atoms with van der Waals surface area (Å²) in [6.45, 7) is 8.88. The molecule has 2 rings (SSSR count). The zero-order valence-corrected chi connectivity index (χ0v) is 12.3. The molecule has 18 heavy (non-hydrogen) atoms. The van der Waals surface area contributed by atoms with E-state index in [2.05, 4.69) is 27.7 Å². The quantitative estimate of drug-likeness (QED) is 0.809. The van der Waals surface area contributed by atoms with Gasteiger partial charge in [-0.2, -0.15) is 0 Å². The normalized spacial score (nSPS) is 44.0. The second kappa shape index (κ2) is 5.50. The molecule has 0 bridgehead atoms. The first-order valence-corrected chi connectivity index (χ1v) is 7.76. The van der Waals surface area contributed by atoms with E-state index in [4.69, 9.17) is 0 Å². The number of hydrogen-bond acceptors (Lipinski definition) is 2. The summed E-state index contributed by atoms with van der Waals surface area (Å²) in [5.41, 5.74) is 0. The largest absolute Gasteiger partial charge is 0.392 e. The first kappa shape index (κ1) is 14.3. The maximum Gasteiger partial charge on any atom is 0.0624 e. The third-order valence-corrected chi connectivity index (χ3v) is 5.06. The van der Waals surface area contributed by atoms with Gasteiger partial charge in [0.25, 0.3) is 0 Å². The van der Waals surface area contributed by atoms with Crippen molar-refractivity contribution in [1.82, 2.24) is 0 Å². The highest BCUT2D eigenvalue weighted by Gasteiger charge is 2.52. The van der Waals surface area contributed by atoms with Gasteiger partial charge in [-0.05, 0) is 55.3 Å². The van der Waals surface area contributed by atoms with Gasteiger partial charge in [-0.15, -0.1) is 0 Å². The predicted octanol–water partition coefficient (Wildman–Crippen LogP) is 3.07. The molecule has 2 heteroatoms. The lowest BCUT2D eigenvalue weighted by Gasteiger charge is -2.26. The smallest absolute Gasteiger partial charge is 0.0624 e. The Morgan fingerprint density at radius 3 is 1.50 bits per heavy atom. The predicted molar refractivity (Wildman–Crippen MR) is 74.1 cm³/mol. The second-order valence-corrected chi connectivity index (χ2v) is 7.57. The van der Waals surface area contributed by atoms with Crippen molar-refractivity contribution >= 4 is 0 Å². The van der Waals surface area contributed by atoms with Gasteiger partial charge in [-0.3, -0.25) is 0 Å². The van der Waals surface area contributed by atoms with Crippen LogP contribution in [0.4, 0.5) is 0 Å². The van der Waals surface area contributed by atoms with Crippen molar-refractivity contribution in [3.63, 3.8) is 0 Å². The molecular formula is C16H30O2. The van der Waals surface area contributed by atoms with Crippen molar-refractivity contribution in [3.8, 4) is 0 Å². The van der Waals surface area contributed by atoms with Crippen LogP contribution in [0.3, 0.4) is 0 Å². The minimum Gasteiger partial charge on any atom is -0.392 e. The van der Waals surface area contributed by atoms with Gasteiger partial charge >= 0.3 is 0 Å². The molecule has 2 saturated carbocycles. The highest BCUT2D eigenvalue weighted by molar-refractivity contribution is 5.02. The summed E-state index contributed by atoms with van der Waals surface area (Å²) in [6.07, 6.45) is 3.96. The highest BCUT2D eigenvalue weighted by Crippen LogP contribution is 2.52. The highest BCUT2D eigenvalue weighted by atomic mass is 16.3. The van der Waals surface area contributed by atoms with Crippen LogP contribution in [0.15, 0.2) is 0 Å². The molecule has 0 aromatic carbocycles. The van der Waals surface area contributed by atoms with Crippen LogP contribution in [0.25, 0.3) is 0 Å². The Balaban J connectivity index is 1.97. The third-order valence-electron chi connectivity index (χ3n) is 5.06. The molecule has 2 aliphatic carbocycles. The molecule has 0 spiro atoms. The molecule has 0 heterocycles. The first-order chi connectivity index (χ1) is 8.40. The third kappa shape index (κ3) is 2.75. The van der Waals surface area contributed by atoms with Gasteiger partial charge in [0, 0.05) is 5.92 Å². The fourth-order valence-electron chi connectivity index (χ4n) is 4.54. The molecule has 0 saturated heterocycles. The van der Waals surface area contributed by atoms with Crippen LogP contribution in [0.2, 0.25) is 0 Å². The standard InChI is InChI=1S/C16H30O2/c1-9(2)5-12-7-11-8-13(6-10(3)4)16(18)14(11)15(12)17/h9-18H,5-8H2,1-4H3/t11?,12-,13-,14?,15?,16?/m0/s1. The van der Waals surface area contributed by atoms with Crippen LogP contribution in [0.1, 0.15) is 53.4 Å². The van der Waals surface area contributed by atoms with Crippen LogP contribution in [-0.4, -0.2) is 22.4 Å². The zero-order chi connectivity index (χ0) is 13.4. The summed E-state index contributed by atoms with van der Waals surface area (Å²) in [7, 11) is 0. The van der Waals surface area contributed by atoms with Crippen molar-refractivity contribution < 1.29 is 10.2 Å². The average molecular weight is 254 g/mol. The van der Waals surface area contributed by atoms with E-state index in [1.807, 2.05) is 0 Å². The summed E-state index contributed by atoms with van der Waals surface area (Å²) >= 11 is 0. The molecule has 2 unspecified atom stereocenters. The summed E-state index contributed by atoms with van der Waals surface area (Å²) < 4.78 is 0. The van der Waals surface area contributed by atoms with Gasteiger partial charge in [0.15, 0.2) is 0 Å². The molecule has 2 N–H and O–H groups in total. The molecule has 0 aromatic heterocycles. The Bertz CT molecular complexity index is 248. The van der Waals surface area contributed by atoms with Gasteiger partial charge in [0.1, 0.15) is 0 Å². The minimum absolute atomic E-state index is 0.164. The summed E-state index contributed by atoms with van der Waals surface area (Å²) in [6, 6.07) is 0. The molecule has 0 aromatic rings. The number of fused-ring (bicyclic) bond motifs is 1. The first-order valence-electron chi connectivity index (χ1n) is 7.76. The summed E-state index contributed by atoms with van der Waals surface area (Å²) in [5.74, 6) is 2.88. The number of hydrogen-bond donors (Lipinski definition) is 2. The van der Waals surface area contributed by atoms with Crippen molar-refractivity contribution in [2.45, 2.75) is 65.6 Å². The summed E-state index contributed by atoms with van der Waals surface area (Å²) in [4.78, 5) is 0. The molecule has 0 radical (unpaired) electrons. The van der Waals surface area contributed by atoms with E-state index in [-0.39, 0.29) is 18.1 Å². The van der Waals surface area contributed by atoms with E-state index in [1.165, 1.54) is 0 Å². The molecule has 0 amide bonds. The Hall–Kier alpha value is -0.0800. The number of aliphatic hydroxyl groups is 2. The van der Waals surface area contributed by atoms with Crippen molar-refractivity contribution in [2.24, 2.45) is 35.5 Å². The number of aliphatic hydroxyl groups excluding tert-OH is 2. The maximum atomic E-state index is 10.5. The van der Waals surface area contributed by atoms with E-state index < -0.39 is 0 Å². The molecular weight excluding hydrogens is 224 g/mol. The van der Waals surface area contributed by atoms with E-state index in [1.54, 1.807) is 0 Å². The lowest BCUT2D eigenvalue weighted by atomic mass is 9.86. The Kier molecular flexibility index (Phi) is 4.38. The molecule has 4 atom stereocenters. The fraction of sp³-hybridized carbons (Fsp3) is 1.00. The van der Waals surface area contributed by atoms with E-state index in [0.717, 1.165) is 25.7 Å². The summed E-state index contributed by atoms with van der Waals surface area (Å²) in [5, 5.41) is 20.9.